The fourth-order valence-corrected chi connectivity index (χ4v) is 2.95. The molecule has 3 rings (SSSR count). The summed E-state index contributed by atoms with van der Waals surface area (Å²) in [5.74, 6) is 0.892. The Morgan fingerprint density at radius 3 is 2.48 bits per heavy atom. The van der Waals surface area contributed by atoms with Crippen LogP contribution in [0.15, 0.2) is 66.7 Å². The normalized spacial score (nSPS) is 12.2. The molecular weight excluding hydrogens is 310 g/mol. The van der Waals surface area contributed by atoms with Gasteiger partial charge in [-0.15, -0.1) is 0 Å². The number of aliphatic hydroxyl groups is 1. The summed E-state index contributed by atoms with van der Waals surface area (Å²) in [6.45, 7) is 3.43. The Morgan fingerprint density at radius 2 is 1.72 bits per heavy atom. The third-order valence-corrected chi connectivity index (χ3v) is 4.52. The minimum Gasteiger partial charge on any atom is -0.489 e. The minimum atomic E-state index is 0.0981. The van der Waals surface area contributed by atoms with Crippen molar-refractivity contribution < 1.29 is 9.84 Å². The smallest absolute Gasteiger partial charge is 0.124 e. The molecule has 0 radical (unpaired) electrons. The topological polar surface area (TPSA) is 41.5 Å². The van der Waals surface area contributed by atoms with Crippen molar-refractivity contribution in [3.8, 4) is 5.75 Å². The van der Waals surface area contributed by atoms with E-state index in [1.54, 1.807) is 0 Å². The lowest BCUT2D eigenvalue weighted by Crippen LogP contribution is -2.31. The average molecular weight is 335 g/mol. The van der Waals surface area contributed by atoms with Crippen molar-refractivity contribution in [2.24, 2.45) is 0 Å². The lowest BCUT2D eigenvalue weighted by atomic mass is 10.0. The van der Waals surface area contributed by atoms with Crippen LogP contribution in [0.3, 0.4) is 0 Å². The largest absolute Gasteiger partial charge is 0.489 e. The fourth-order valence-electron chi connectivity index (χ4n) is 2.95. The van der Waals surface area contributed by atoms with Crippen molar-refractivity contribution in [1.29, 1.82) is 0 Å². The molecular formula is C22H25NO2. The van der Waals surface area contributed by atoms with E-state index in [2.05, 4.69) is 48.6 Å². The van der Waals surface area contributed by atoms with Crippen LogP contribution in [-0.2, 0) is 13.2 Å². The second-order valence-electron chi connectivity index (χ2n) is 6.21. The molecule has 1 atom stereocenters. The van der Waals surface area contributed by atoms with Gasteiger partial charge in [0.05, 0.1) is 6.61 Å². The highest BCUT2D eigenvalue weighted by molar-refractivity contribution is 5.87. The Bertz CT molecular complexity index is 797. The molecule has 0 heterocycles. The zero-order valence-corrected chi connectivity index (χ0v) is 14.6. The highest BCUT2D eigenvalue weighted by Crippen LogP contribution is 2.29. The molecule has 0 aliphatic carbocycles. The molecule has 0 bridgehead atoms. The molecule has 0 aliphatic heterocycles. The van der Waals surface area contributed by atoms with Crippen molar-refractivity contribution in [3.05, 3.63) is 77.9 Å². The molecule has 0 unspecified atom stereocenters. The Kier molecular flexibility index (Phi) is 6.04. The van der Waals surface area contributed by atoms with Crippen molar-refractivity contribution in [3.63, 3.8) is 0 Å². The number of ether oxygens (including phenoxy) is 1. The summed E-state index contributed by atoms with van der Waals surface area (Å²) in [5.41, 5.74) is 2.29. The SMILES string of the molecule is CC[C@H](CO)NCc1c(OCc2ccccc2)ccc2ccccc12. The van der Waals surface area contributed by atoms with Crippen molar-refractivity contribution in [2.45, 2.75) is 32.5 Å². The maximum atomic E-state index is 9.44. The zero-order valence-electron chi connectivity index (χ0n) is 14.6. The first-order chi connectivity index (χ1) is 12.3. The van der Waals surface area contributed by atoms with E-state index < -0.39 is 0 Å². The zero-order chi connectivity index (χ0) is 17.5. The molecule has 0 aromatic heterocycles. The molecule has 25 heavy (non-hydrogen) atoms. The van der Waals surface area contributed by atoms with Crippen molar-refractivity contribution in [2.75, 3.05) is 6.61 Å². The van der Waals surface area contributed by atoms with Crippen LogP contribution in [0, 0.1) is 0 Å². The number of benzene rings is 3. The molecule has 3 aromatic rings. The predicted molar refractivity (Wildman–Crippen MR) is 103 cm³/mol. The standard InChI is InChI=1S/C22H25NO2/c1-2-19(15-24)23-14-21-20-11-7-6-10-18(20)12-13-22(21)25-16-17-8-4-3-5-9-17/h3-13,19,23-24H,2,14-16H2,1H3/t19-/m1/s1. The Labute approximate surface area is 149 Å². The summed E-state index contributed by atoms with van der Waals surface area (Å²) in [5, 5.41) is 15.3. The number of aliphatic hydroxyl groups excluding tert-OH is 1. The number of nitrogens with one attached hydrogen (secondary N) is 1. The van der Waals surface area contributed by atoms with Crippen molar-refractivity contribution in [1.82, 2.24) is 5.32 Å². The quantitative estimate of drug-likeness (QED) is 0.645. The molecule has 3 nitrogen and oxygen atoms in total. The highest BCUT2D eigenvalue weighted by Gasteiger charge is 2.11. The molecule has 0 spiro atoms. The average Bonchev–Trinajstić information content (AvgIpc) is 2.68. The Hall–Kier alpha value is -2.36. The maximum absolute atomic E-state index is 9.44. The van der Waals surface area contributed by atoms with Gasteiger partial charge in [-0.2, -0.15) is 0 Å². The van der Waals surface area contributed by atoms with Gasteiger partial charge in [0, 0.05) is 18.2 Å². The third kappa shape index (κ3) is 4.38. The molecule has 0 fully saturated rings. The van der Waals surface area contributed by atoms with E-state index in [9.17, 15) is 5.11 Å². The van der Waals surface area contributed by atoms with Crippen LogP contribution in [0.25, 0.3) is 10.8 Å². The van der Waals surface area contributed by atoms with Crippen LogP contribution in [0.4, 0.5) is 0 Å². The summed E-state index contributed by atoms with van der Waals surface area (Å²) >= 11 is 0. The molecule has 2 N–H and O–H groups in total. The predicted octanol–water partition coefficient (Wildman–Crippen LogP) is 4.28. The second kappa shape index (κ2) is 8.65. The van der Waals surface area contributed by atoms with Gasteiger partial charge < -0.3 is 15.2 Å². The lowest BCUT2D eigenvalue weighted by molar-refractivity contribution is 0.237. The van der Waals surface area contributed by atoms with E-state index >= 15 is 0 Å². The summed E-state index contributed by atoms with van der Waals surface area (Å²) in [6, 6.07) is 22.8. The lowest BCUT2D eigenvalue weighted by Gasteiger charge is -2.18. The highest BCUT2D eigenvalue weighted by atomic mass is 16.5. The van der Waals surface area contributed by atoms with Gasteiger partial charge in [0.15, 0.2) is 0 Å². The molecule has 0 saturated heterocycles. The van der Waals surface area contributed by atoms with E-state index in [1.807, 2.05) is 30.3 Å². The number of hydrogen-bond donors (Lipinski definition) is 2. The van der Waals surface area contributed by atoms with Gasteiger partial charge in [-0.05, 0) is 28.8 Å². The second-order valence-corrected chi connectivity index (χ2v) is 6.21. The first-order valence-electron chi connectivity index (χ1n) is 8.83. The molecule has 130 valence electrons. The summed E-state index contributed by atoms with van der Waals surface area (Å²) < 4.78 is 6.13. The number of rotatable bonds is 8. The first kappa shape index (κ1) is 17.5. The van der Waals surface area contributed by atoms with Gasteiger partial charge >= 0.3 is 0 Å². The van der Waals surface area contributed by atoms with E-state index in [-0.39, 0.29) is 12.6 Å². The van der Waals surface area contributed by atoms with Crippen LogP contribution in [0.5, 0.6) is 5.75 Å². The molecule has 3 aromatic carbocycles. The van der Waals surface area contributed by atoms with E-state index in [1.165, 1.54) is 10.8 Å². The van der Waals surface area contributed by atoms with Gasteiger partial charge in [-0.3, -0.25) is 0 Å². The van der Waals surface area contributed by atoms with Crippen LogP contribution < -0.4 is 10.1 Å². The Balaban J connectivity index is 1.86. The van der Waals surface area contributed by atoms with Gasteiger partial charge in [0.1, 0.15) is 12.4 Å². The number of fused-ring (bicyclic) bond motifs is 1. The van der Waals surface area contributed by atoms with Crippen LogP contribution >= 0.6 is 0 Å². The first-order valence-corrected chi connectivity index (χ1v) is 8.83. The van der Waals surface area contributed by atoms with Crippen LogP contribution in [0.2, 0.25) is 0 Å². The van der Waals surface area contributed by atoms with Crippen molar-refractivity contribution >= 4 is 10.8 Å². The van der Waals surface area contributed by atoms with Crippen LogP contribution in [-0.4, -0.2) is 17.8 Å². The van der Waals surface area contributed by atoms with Crippen LogP contribution in [0.1, 0.15) is 24.5 Å². The third-order valence-electron chi connectivity index (χ3n) is 4.52. The van der Waals surface area contributed by atoms with Gasteiger partial charge in [0.25, 0.3) is 0 Å². The van der Waals surface area contributed by atoms with Gasteiger partial charge in [-0.1, -0.05) is 67.6 Å². The fraction of sp³-hybridized carbons (Fsp3) is 0.273. The monoisotopic (exact) mass is 335 g/mol. The Morgan fingerprint density at radius 1 is 0.960 bits per heavy atom. The molecule has 0 amide bonds. The van der Waals surface area contributed by atoms with E-state index in [0.717, 1.165) is 23.3 Å². The van der Waals surface area contributed by atoms with E-state index in [0.29, 0.717) is 13.2 Å². The molecule has 0 saturated carbocycles. The number of hydrogen-bond acceptors (Lipinski definition) is 3. The van der Waals surface area contributed by atoms with E-state index in [4.69, 9.17) is 4.74 Å². The summed E-state index contributed by atoms with van der Waals surface area (Å²) in [6.07, 6.45) is 0.890. The molecule has 3 heteroatoms. The maximum Gasteiger partial charge on any atom is 0.124 e. The van der Waals surface area contributed by atoms with Gasteiger partial charge in [0.2, 0.25) is 0 Å². The summed E-state index contributed by atoms with van der Waals surface area (Å²) in [4.78, 5) is 0. The van der Waals surface area contributed by atoms with Gasteiger partial charge in [-0.25, -0.2) is 0 Å². The minimum absolute atomic E-state index is 0.0981. The molecule has 0 aliphatic rings. The summed E-state index contributed by atoms with van der Waals surface area (Å²) in [7, 11) is 0.